The number of nitrogens with two attached hydrogens (primary N) is 1. The predicted molar refractivity (Wildman–Crippen MR) is 88.9 cm³/mol. The van der Waals surface area contributed by atoms with Crippen LogP contribution in [0.5, 0.6) is 0 Å². The summed E-state index contributed by atoms with van der Waals surface area (Å²) in [7, 11) is 0. The molecule has 0 aromatic heterocycles. The molecule has 3 nitrogen and oxygen atoms in total. The normalized spacial score (nSPS) is 10.5. The van der Waals surface area contributed by atoms with Crippen molar-refractivity contribution in [1.82, 2.24) is 0 Å². The van der Waals surface area contributed by atoms with E-state index in [1.165, 1.54) is 5.56 Å². The zero-order valence-electron chi connectivity index (χ0n) is 13.1. The number of amides is 1. The highest BCUT2D eigenvalue weighted by Crippen LogP contribution is 2.23. The second kappa shape index (κ2) is 6.00. The molecule has 2 N–H and O–H groups in total. The molecule has 0 saturated heterocycles. The molecule has 0 aliphatic rings. The highest BCUT2D eigenvalue weighted by molar-refractivity contribution is 6.08. The molecule has 0 radical (unpaired) electrons. The molecule has 3 heteroatoms. The van der Waals surface area contributed by atoms with Crippen molar-refractivity contribution in [2.45, 2.75) is 27.7 Å². The van der Waals surface area contributed by atoms with Gasteiger partial charge in [0.05, 0.1) is 0 Å². The van der Waals surface area contributed by atoms with Gasteiger partial charge in [0.15, 0.2) is 0 Å². The molecule has 2 aromatic carbocycles. The highest BCUT2D eigenvalue weighted by Gasteiger charge is 2.20. The molecule has 0 aliphatic heterocycles. The van der Waals surface area contributed by atoms with E-state index in [9.17, 15) is 4.79 Å². The number of hydrogen-bond donors (Lipinski definition) is 1. The number of hydrogen-bond acceptors (Lipinski definition) is 2. The van der Waals surface area contributed by atoms with Crippen molar-refractivity contribution in [1.29, 1.82) is 0 Å². The van der Waals surface area contributed by atoms with Crippen LogP contribution in [-0.4, -0.2) is 12.5 Å². The van der Waals surface area contributed by atoms with Gasteiger partial charge in [-0.05, 0) is 57.0 Å². The summed E-state index contributed by atoms with van der Waals surface area (Å²) in [5.74, 6) is 0.0260. The Hall–Kier alpha value is -2.29. The maximum Gasteiger partial charge on any atom is 0.258 e. The lowest BCUT2D eigenvalue weighted by Crippen LogP contribution is -2.31. The molecule has 2 rings (SSSR count). The molecule has 0 unspecified atom stereocenters. The molecule has 0 aliphatic carbocycles. The fourth-order valence-electron chi connectivity index (χ4n) is 2.79. The Morgan fingerprint density at radius 1 is 1.10 bits per heavy atom. The number of anilines is 2. The summed E-state index contributed by atoms with van der Waals surface area (Å²) in [5.41, 5.74) is 11.3. The first-order valence-corrected chi connectivity index (χ1v) is 7.19. The van der Waals surface area contributed by atoms with Crippen molar-refractivity contribution < 1.29 is 4.79 Å². The minimum absolute atomic E-state index is 0.0260. The lowest BCUT2D eigenvalue weighted by molar-refractivity contribution is 0.0987. The molecule has 110 valence electrons. The Morgan fingerprint density at radius 3 is 2.24 bits per heavy atom. The van der Waals surface area contributed by atoms with Crippen LogP contribution in [0.15, 0.2) is 36.4 Å². The molecule has 1 amide bonds. The van der Waals surface area contributed by atoms with Gasteiger partial charge < -0.3 is 10.6 Å². The van der Waals surface area contributed by atoms with Gasteiger partial charge in [-0.1, -0.05) is 23.8 Å². The monoisotopic (exact) mass is 282 g/mol. The number of rotatable bonds is 3. The van der Waals surface area contributed by atoms with Crippen LogP contribution in [0.2, 0.25) is 0 Å². The van der Waals surface area contributed by atoms with Crippen LogP contribution in [0.1, 0.15) is 34.0 Å². The largest absolute Gasteiger partial charge is 0.399 e. The third kappa shape index (κ3) is 3.07. The van der Waals surface area contributed by atoms with Gasteiger partial charge in [-0.25, -0.2) is 0 Å². The minimum Gasteiger partial charge on any atom is -0.399 e. The zero-order chi connectivity index (χ0) is 15.6. The molecule has 0 fully saturated rings. The maximum atomic E-state index is 12.9. The van der Waals surface area contributed by atoms with Crippen LogP contribution in [0.3, 0.4) is 0 Å². The molecule has 0 heterocycles. The van der Waals surface area contributed by atoms with Gasteiger partial charge >= 0.3 is 0 Å². The molecular formula is C18H22N2O. The lowest BCUT2D eigenvalue weighted by Gasteiger charge is -2.23. The van der Waals surface area contributed by atoms with E-state index in [2.05, 4.69) is 0 Å². The van der Waals surface area contributed by atoms with E-state index in [1.807, 2.05) is 64.1 Å². The van der Waals surface area contributed by atoms with Gasteiger partial charge in [-0.15, -0.1) is 0 Å². The summed E-state index contributed by atoms with van der Waals surface area (Å²) in [4.78, 5) is 14.7. The Bertz CT molecular complexity index is 654. The topological polar surface area (TPSA) is 46.3 Å². The van der Waals surface area contributed by atoms with Gasteiger partial charge in [0.1, 0.15) is 0 Å². The van der Waals surface area contributed by atoms with Gasteiger partial charge in [0, 0.05) is 23.5 Å². The summed E-state index contributed by atoms with van der Waals surface area (Å²) < 4.78 is 0. The molecule has 0 atom stereocenters. The van der Waals surface area contributed by atoms with Crippen LogP contribution < -0.4 is 10.6 Å². The number of aryl methyl sites for hydroxylation is 3. The van der Waals surface area contributed by atoms with Crippen molar-refractivity contribution >= 4 is 17.3 Å². The van der Waals surface area contributed by atoms with Crippen molar-refractivity contribution in [3.63, 3.8) is 0 Å². The third-order valence-electron chi connectivity index (χ3n) is 3.63. The summed E-state index contributed by atoms with van der Waals surface area (Å²) in [6.45, 7) is 8.60. The number of carbonyl (C=O) groups excluding carboxylic acids is 1. The van der Waals surface area contributed by atoms with E-state index in [4.69, 9.17) is 5.73 Å². The Kier molecular flexibility index (Phi) is 4.32. The Labute approximate surface area is 126 Å². The SMILES string of the molecule is CCN(C(=O)c1c(C)cc(C)cc1C)c1cccc(N)c1. The van der Waals surface area contributed by atoms with Gasteiger partial charge in [0.25, 0.3) is 5.91 Å². The second-order valence-corrected chi connectivity index (χ2v) is 5.42. The summed E-state index contributed by atoms with van der Waals surface area (Å²) in [6, 6.07) is 11.5. The zero-order valence-corrected chi connectivity index (χ0v) is 13.1. The first kappa shape index (κ1) is 15.1. The molecule has 0 saturated carbocycles. The van der Waals surface area contributed by atoms with Crippen molar-refractivity contribution in [2.75, 3.05) is 17.2 Å². The maximum absolute atomic E-state index is 12.9. The number of nitrogens with zero attached hydrogens (tertiary/aromatic N) is 1. The first-order valence-electron chi connectivity index (χ1n) is 7.19. The quantitative estimate of drug-likeness (QED) is 0.869. The van der Waals surface area contributed by atoms with Crippen LogP contribution in [0.25, 0.3) is 0 Å². The van der Waals surface area contributed by atoms with E-state index < -0.39 is 0 Å². The molecule has 2 aromatic rings. The van der Waals surface area contributed by atoms with E-state index >= 15 is 0 Å². The lowest BCUT2D eigenvalue weighted by atomic mass is 9.98. The number of carbonyl (C=O) groups is 1. The fourth-order valence-corrected chi connectivity index (χ4v) is 2.79. The standard InChI is InChI=1S/C18H22N2O/c1-5-20(16-8-6-7-15(19)11-16)18(21)17-13(3)9-12(2)10-14(17)4/h6-11H,5,19H2,1-4H3. The van der Waals surface area contributed by atoms with E-state index in [-0.39, 0.29) is 5.91 Å². The summed E-state index contributed by atoms with van der Waals surface area (Å²) in [6.07, 6.45) is 0. The van der Waals surface area contributed by atoms with E-state index in [0.29, 0.717) is 12.2 Å². The Balaban J connectivity index is 2.47. The fraction of sp³-hybridized carbons (Fsp3) is 0.278. The van der Waals surface area contributed by atoms with Crippen LogP contribution >= 0.6 is 0 Å². The average Bonchev–Trinajstić information content (AvgIpc) is 2.38. The molecule has 21 heavy (non-hydrogen) atoms. The van der Waals surface area contributed by atoms with Crippen LogP contribution in [0, 0.1) is 20.8 Å². The van der Waals surface area contributed by atoms with Crippen LogP contribution in [0.4, 0.5) is 11.4 Å². The number of benzene rings is 2. The molecule has 0 bridgehead atoms. The van der Waals surface area contributed by atoms with Gasteiger partial charge in [0.2, 0.25) is 0 Å². The van der Waals surface area contributed by atoms with Crippen molar-refractivity contribution in [3.05, 3.63) is 58.7 Å². The third-order valence-corrected chi connectivity index (χ3v) is 3.63. The van der Waals surface area contributed by atoms with Crippen molar-refractivity contribution in [2.24, 2.45) is 0 Å². The minimum atomic E-state index is 0.0260. The number of nitrogen functional groups attached to an aromatic ring is 1. The second-order valence-electron chi connectivity index (χ2n) is 5.42. The average molecular weight is 282 g/mol. The summed E-state index contributed by atoms with van der Waals surface area (Å²) >= 11 is 0. The summed E-state index contributed by atoms with van der Waals surface area (Å²) in [5, 5.41) is 0. The van der Waals surface area contributed by atoms with Gasteiger partial charge in [-0.3, -0.25) is 4.79 Å². The van der Waals surface area contributed by atoms with E-state index in [1.54, 1.807) is 4.90 Å². The molecular weight excluding hydrogens is 260 g/mol. The molecule has 0 spiro atoms. The van der Waals surface area contributed by atoms with Gasteiger partial charge in [-0.2, -0.15) is 0 Å². The predicted octanol–water partition coefficient (Wildman–Crippen LogP) is 3.86. The van der Waals surface area contributed by atoms with Crippen molar-refractivity contribution in [3.8, 4) is 0 Å². The first-order chi connectivity index (χ1) is 9.93. The van der Waals surface area contributed by atoms with Crippen LogP contribution in [-0.2, 0) is 0 Å². The van der Waals surface area contributed by atoms with E-state index in [0.717, 1.165) is 22.4 Å². The highest BCUT2D eigenvalue weighted by atomic mass is 16.2. The Morgan fingerprint density at radius 2 is 1.71 bits per heavy atom. The smallest absolute Gasteiger partial charge is 0.258 e.